The Morgan fingerprint density at radius 3 is 1.25 bits per heavy atom. The first-order valence-corrected chi connectivity index (χ1v) is 22.0. The number of hydrogen-bond donors (Lipinski definition) is 3. The molecule has 0 aliphatic heterocycles. The second kappa shape index (κ2) is 43.7. The molecule has 3 N–H and O–H groups in total. The van der Waals surface area contributed by atoms with Crippen LogP contribution < -0.4 is 5.32 Å². The Morgan fingerprint density at radius 1 is 0.453 bits per heavy atom. The molecule has 53 heavy (non-hydrogen) atoms. The van der Waals surface area contributed by atoms with Gasteiger partial charge in [-0.2, -0.15) is 0 Å². The van der Waals surface area contributed by atoms with E-state index in [1.54, 1.807) is 6.08 Å². The summed E-state index contributed by atoms with van der Waals surface area (Å²) >= 11 is 0. The molecule has 302 valence electrons. The molecular weight excluding hydrogens is 651 g/mol. The predicted molar refractivity (Wildman–Crippen MR) is 234 cm³/mol. The Bertz CT molecular complexity index is 1010. The van der Waals surface area contributed by atoms with Gasteiger partial charge in [0, 0.05) is 6.42 Å². The van der Waals surface area contributed by atoms with Gasteiger partial charge in [-0.3, -0.25) is 4.79 Å². The van der Waals surface area contributed by atoms with Crippen molar-refractivity contribution in [2.45, 2.75) is 199 Å². The molecule has 0 spiro atoms. The van der Waals surface area contributed by atoms with Crippen LogP contribution in [-0.2, 0) is 4.79 Å². The topological polar surface area (TPSA) is 69.6 Å². The van der Waals surface area contributed by atoms with Crippen LogP contribution in [-0.4, -0.2) is 34.9 Å². The molecule has 0 aromatic rings. The lowest BCUT2D eigenvalue weighted by molar-refractivity contribution is -0.123. The first kappa shape index (κ1) is 50.3. The molecule has 1 amide bonds. The van der Waals surface area contributed by atoms with Gasteiger partial charge in [0.05, 0.1) is 18.8 Å². The van der Waals surface area contributed by atoms with Crippen molar-refractivity contribution in [1.82, 2.24) is 5.32 Å². The Labute approximate surface area is 328 Å². The first-order chi connectivity index (χ1) is 26.2. The van der Waals surface area contributed by atoms with Crippen LogP contribution in [0.15, 0.2) is 97.2 Å². The summed E-state index contributed by atoms with van der Waals surface area (Å²) in [6.45, 7) is 4.04. The number of nitrogens with one attached hydrogen (secondary N) is 1. The van der Waals surface area contributed by atoms with Crippen LogP contribution in [0.5, 0.6) is 0 Å². The highest BCUT2D eigenvalue weighted by Crippen LogP contribution is 2.14. The van der Waals surface area contributed by atoms with E-state index >= 15 is 0 Å². The molecule has 0 saturated heterocycles. The smallest absolute Gasteiger partial charge is 0.220 e. The number of aliphatic hydroxyl groups is 2. The Kier molecular flexibility index (Phi) is 41.5. The zero-order valence-corrected chi connectivity index (χ0v) is 34.5. The monoisotopic (exact) mass is 734 g/mol. The molecule has 2 atom stereocenters. The second-order valence-corrected chi connectivity index (χ2v) is 14.3. The fraction of sp³-hybridized carbons (Fsp3) is 0.653. The van der Waals surface area contributed by atoms with E-state index in [1.165, 1.54) is 89.9 Å². The van der Waals surface area contributed by atoms with Crippen molar-refractivity contribution in [3.63, 3.8) is 0 Å². The molecule has 2 unspecified atom stereocenters. The molecule has 0 aliphatic carbocycles. The number of aliphatic hydroxyl groups excluding tert-OH is 2. The van der Waals surface area contributed by atoms with E-state index in [4.69, 9.17) is 0 Å². The number of carbonyl (C=O) groups excluding carboxylic acids is 1. The maximum atomic E-state index is 12.3. The van der Waals surface area contributed by atoms with Crippen LogP contribution >= 0.6 is 0 Å². The second-order valence-electron chi connectivity index (χ2n) is 14.3. The number of allylic oxidation sites excluding steroid dienone is 15. The van der Waals surface area contributed by atoms with E-state index in [0.717, 1.165) is 77.0 Å². The van der Waals surface area contributed by atoms with Crippen LogP contribution in [0.2, 0.25) is 0 Å². The molecule has 0 aromatic carbocycles. The van der Waals surface area contributed by atoms with Crippen LogP contribution in [0.4, 0.5) is 0 Å². The highest BCUT2D eigenvalue weighted by molar-refractivity contribution is 5.76. The summed E-state index contributed by atoms with van der Waals surface area (Å²) in [5.74, 6) is -0.0853. The van der Waals surface area contributed by atoms with Gasteiger partial charge in [0.25, 0.3) is 0 Å². The highest BCUT2D eigenvalue weighted by Gasteiger charge is 2.17. The number of amides is 1. The molecule has 0 saturated carbocycles. The van der Waals surface area contributed by atoms with Gasteiger partial charge in [-0.05, 0) is 83.5 Å². The van der Waals surface area contributed by atoms with Crippen molar-refractivity contribution >= 4 is 5.91 Å². The van der Waals surface area contributed by atoms with E-state index in [-0.39, 0.29) is 12.5 Å². The van der Waals surface area contributed by atoms with Crippen molar-refractivity contribution in [3.8, 4) is 0 Å². The van der Waals surface area contributed by atoms with E-state index in [2.05, 4.69) is 104 Å². The minimum atomic E-state index is -0.872. The minimum absolute atomic E-state index is 0.0853. The average Bonchev–Trinajstić information content (AvgIpc) is 3.16. The summed E-state index contributed by atoms with van der Waals surface area (Å²) in [6, 6.07) is -0.648. The third-order valence-corrected chi connectivity index (χ3v) is 9.29. The van der Waals surface area contributed by atoms with Crippen LogP contribution in [0.1, 0.15) is 187 Å². The molecule has 0 rings (SSSR count). The van der Waals surface area contributed by atoms with Crippen LogP contribution in [0.3, 0.4) is 0 Å². The van der Waals surface area contributed by atoms with Crippen molar-refractivity contribution in [2.75, 3.05) is 6.61 Å². The fourth-order valence-electron chi connectivity index (χ4n) is 6.01. The number of carbonyl (C=O) groups is 1. The molecule has 0 heterocycles. The minimum Gasteiger partial charge on any atom is -0.394 e. The van der Waals surface area contributed by atoms with E-state index in [9.17, 15) is 15.0 Å². The predicted octanol–water partition coefficient (Wildman–Crippen LogP) is 13.8. The van der Waals surface area contributed by atoms with Gasteiger partial charge in [-0.15, -0.1) is 0 Å². The zero-order chi connectivity index (χ0) is 38.6. The largest absolute Gasteiger partial charge is 0.394 e. The number of hydrogen-bond acceptors (Lipinski definition) is 3. The van der Waals surface area contributed by atoms with Gasteiger partial charge in [0.15, 0.2) is 0 Å². The SMILES string of the molecule is CC/C=C\C/C=C\C/C=C\C/C=C\C/C=C\CCCCCCCCCCCCCCCCCC(=O)NC(CO)C(O)/C=C/CC/C=C/CC/C=C/CC. The van der Waals surface area contributed by atoms with E-state index in [0.29, 0.717) is 6.42 Å². The van der Waals surface area contributed by atoms with Crippen molar-refractivity contribution in [1.29, 1.82) is 0 Å². The highest BCUT2D eigenvalue weighted by atomic mass is 16.3. The summed E-state index contributed by atoms with van der Waals surface area (Å²) in [7, 11) is 0. The normalized spacial score (nSPS) is 14.0. The maximum absolute atomic E-state index is 12.3. The Hall–Kier alpha value is -2.69. The fourth-order valence-corrected chi connectivity index (χ4v) is 6.01. The lowest BCUT2D eigenvalue weighted by Crippen LogP contribution is -2.45. The van der Waals surface area contributed by atoms with Crippen LogP contribution in [0, 0.1) is 0 Å². The van der Waals surface area contributed by atoms with Crippen molar-refractivity contribution < 1.29 is 15.0 Å². The third kappa shape index (κ3) is 40.3. The number of rotatable bonds is 38. The maximum Gasteiger partial charge on any atom is 0.220 e. The van der Waals surface area contributed by atoms with E-state index in [1.807, 2.05) is 6.08 Å². The van der Waals surface area contributed by atoms with Gasteiger partial charge in [0.2, 0.25) is 5.91 Å². The zero-order valence-electron chi connectivity index (χ0n) is 34.5. The van der Waals surface area contributed by atoms with Gasteiger partial charge in [-0.25, -0.2) is 0 Å². The lowest BCUT2D eigenvalue weighted by Gasteiger charge is -2.19. The van der Waals surface area contributed by atoms with Gasteiger partial charge in [-0.1, -0.05) is 195 Å². The molecule has 0 bridgehead atoms. The molecular formula is C49H83NO3. The molecule has 0 radical (unpaired) electrons. The molecule has 0 aromatic heterocycles. The van der Waals surface area contributed by atoms with Gasteiger partial charge in [0.1, 0.15) is 0 Å². The summed E-state index contributed by atoms with van der Waals surface area (Å²) in [5, 5.41) is 22.8. The van der Waals surface area contributed by atoms with E-state index < -0.39 is 12.1 Å². The number of unbranched alkanes of at least 4 members (excludes halogenated alkanes) is 17. The summed E-state index contributed by atoms with van der Waals surface area (Å²) in [4.78, 5) is 12.3. The summed E-state index contributed by atoms with van der Waals surface area (Å²) < 4.78 is 0. The van der Waals surface area contributed by atoms with Gasteiger partial charge < -0.3 is 15.5 Å². The molecule has 4 nitrogen and oxygen atoms in total. The van der Waals surface area contributed by atoms with Crippen molar-refractivity contribution in [3.05, 3.63) is 97.2 Å². The Morgan fingerprint density at radius 2 is 0.792 bits per heavy atom. The summed E-state index contributed by atoms with van der Waals surface area (Å²) in [5.41, 5.74) is 0. The lowest BCUT2D eigenvalue weighted by atomic mass is 10.0. The molecule has 0 fully saturated rings. The molecule has 0 aliphatic rings. The van der Waals surface area contributed by atoms with Crippen LogP contribution in [0.25, 0.3) is 0 Å². The average molecular weight is 734 g/mol. The summed E-state index contributed by atoms with van der Waals surface area (Å²) in [6.07, 6.45) is 65.3. The Balaban J connectivity index is 3.53. The van der Waals surface area contributed by atoms with Crippen molar-refractivity contribution in [2.24, 2.45) is 0 Å². The third-order valence-electron chi connectivity index (χ3n) is 9.29. The van der Waals surface area contributed by atoms with Gasteiger partial charge >= 0.3 is 0 Å². The standard InChI is InChI=1S/C49H83NO3/c1-3-5-7-9-11-13-15-16-17-18-19-20-21-22-23-24-25-26-27-28-29-30-31-32-33-34-35-37-39-41-43-45-49(53)50-47(46-51)48(52)44-42-40-38-36-14-12-10-8-6-4-2/h5-8,11,13-14,16-17,19-20,22-23,36,42,44,47-48,51-52H,3-4,9-10,12,15,18,21,24-35,37-41,43,45-46H2,1-2H3,(H,50,53)/b7-5-,8-6+,13-11-,17-16-,20-19-,23-22-,36-14+,44-42+. The molecule has 4 heteroatoms. The first-order valence-electron chi connectivity index (χ1n) is 22.0. The quantitative estimate of drug-likeness (QED) is 0.0437.